The second kappa shape index (κ2) is 5.82. The Morgan fingerprint density at radius 3 is 2.12 bits per heavy atom. The van der Waals surface area contributed by atoms with Crippen molar-refractivity contribution in [3.63, 3.8) is 0 Å². The second-order valence-corrected chi connectivity index (χ2v) is 1.89. The van der Waals surface area contributed by atoms with Gasteiger partial charge in [0.25, 0.3) is 5.17 Å². The average molecular weight is 143 g/mol. The van der Waals surface area contributed by atoms with E-state index in [0.717, 1.165) is 0 Å². The summed E-state index contributed by atoms with van der Waals surface area (Å²) in [4.78, 5) is 0. The Balaban J connectivity index is -0.000000180. The van der Waals surface area contributed by atoms with E-state index in [-0.39, 0.29) is 42.3 Å². The minimum atomic E-state index is 0. The van der Waals surface area contributed by atoms with Crippen LogP contribution in [0.5, 0.6) is 0 Å². The molecule has 0 aromatic carbocycles. The van der Waals surface area contributed by atoms with Crippen LogP contribution in [0.4, 0.5) is 0 Å². The standard InChI is InChI=1S/C4H9NOS.Na.H/c1-3(2)6-4(5)7;;/h3H,1-2H3,(H2,5,7);;/q;+1;-1. The molecule has 8 heavy (non-hydrogen) atoms. The van der Waals surface area contributed by atoms with Crippen molar-refractivity contribution in [2.24, 2.45) is 5.73 Å². The third kappa shape index (κ3) is 9.85. The first kappa shape index (κ1) is 11.5. The minimum Gasteiger partial charge on any atom is -1.00 e. The van der Waals surface area contributed by atoms with Gasteiger partial charge in [-0.3, -0.25) is 0 Å². The van der Waals surface area contributed by atoms with Crippen molar-refractivity contribution in [3.05, 3.63) is 0 Å². The molecule has 0 radical (unpaired) electrons. The average Bonchev–Trinajstić information content (AvgIpc) is 1.27. The fourth-order valence-corrected chi connectivity index (χ4v) is 0.425. The summed E-state index contributed by atoms with van der Waals surface area (Å²) in [5.41, 5.74) is 5.00. The largest absolute Gasteiger partial charge is 1.00 e. The van der Waals surface area contributed by atoms with Gasteiger partial charge in [0.2, 0.25) is 0 Å². The molecule has 0 spiro atoms. The molecular formula is C4H10NNaOS. The molecule has 0 saturated carbocycles. The van der Waals surface area contributed by atoms with Gasteiger partial charge in [0.1, 0.15) is 0 Å². The molecule has 0 fully saturated rings. The SMILES string of the molecule is CC(C)OC(N)=S.[H-].[Na+]. The van der Waals surface area contributed by atoms with Crippen LogP contribution in [-0.2, 0) is 4.74 Å². The van der Waals surface area contributed by atoms with E-state index in [4.69, 9.17) is 10.5 Å². The molecule has 0 aromatic heterocycles. The molecule has 0 aromatic rings. The van der Waals surface area contributed by atoms with Gasteiger partial charge >= 0.3 is 29.6 Å². The van der Waals surface area contributed by atoms with Gasteiger partial charge in [-0.05, 0) is 26.1 Å². The van der Waals surface area contributed by atoms with E-state index >= 15 is 0 Å². The summed E-state index contributed by atoms with van der Waals surface area (Å²) in [6.45, 7) is 3.75. The molecule has 0 rings (SSSR count). The summed E-state index contributed by atoms with van der Waals surface area (Å²) in [6, 6.07) is 0. The van der Waals surface area contributed by atoms with Crippen LogP contribution in [0.15, 0.2) is 0 Å². The number of ether oxygens (including phenoxy) is 1. The molecule has 44 valence electrons. The number of rotatable bonds is 1. The maximum Gasteiger partial charge on any atom is 1.00 e. The van der Waals surface area contributed by atoms with Crippen LogP contribution < -0.4 is 35.3 Å². The third-order valence-electron chi connectivity index (χ3n) is 0.352. The molecule has 0 aliphatic carbocycles. The van der Waals surface area contributed by atoms with Gasteiger partial charge in [-0.25, -0.2) is 0 Å². The van der Waals surface area contributed by atoms with Gasteiger partial charge in [-0.15, -0.1) is 0 Å². The Hall–Kier alpha value is 0.690. The Labute approximate surface area is 78.5 Å². The molecule has 2 nitrogen and oxygen atoms in total. The molecule has 0 aliphatic heterocycles. The quantitative estimate of drug-likeness (QED) is 0.333. The molecule has 0 bridgehead atoms. The van der Waals surface area contributed by atoms with E-state index < -0.39 is 0 Å². The van der Waals surface area contributed by atoms with Crippen molar-refractivity contribution in [2.75, 3.05) is 0 Å². The Bertz CT molecular complexity index is 81.0. The molecular weight excluding hydrogens is 133 g/mol. The first-order valence-electron chi connectivity index (χ1n) is 2.09. The normalized spacial score (nSPS) is 7.88. The number of hydrogen-bond acceptors (Lipinski definition) is 2. The summed E-state index contributed by atoms with van der Waals surface area (Å²) in [7, 11) is 0. The summed E-state index contributed by atoms with van der Waals surface area (Å²) >= 11 is 4.43. The molecule has 4 heteroatoms. The van der Waals surface area contributed by atoms with Crippen LogP contribution in [0.1, 0.15) is 15.3 Å². The maximum atomic E-state index is 5.00. The van der Waals surface area contributed by atoms with E-state index in [1.807, 2.05) is 13.8 Å². The Kier molecular flexibility index (Phi) is 8.35. The number of nitrogens with two attached hydrogens (primary N) is 1. The van der Waals surface area contributed by atoms with Crippen molar-refractivity contribution in [2.45, 2.75) is 20.0 Å². The van der Waals surface area contributed by atoms with Crippen molar-refractivity contribution in [1.29, 1.82) is 0 Å². The van der Waals surface area contributed by atoms with Crippen molar-refractivity contribution >= 4 is 17.4 Å². The molecule has 0 unspecified atom stereocenters. The fourth-order valence-electron chi connectivity index (χ4n) is 0.232. The molecule has 0 heterocycles. The van der Waals surface area contributed by atoms with Crippen LogP contribution >= 0.6 is 12.2 Å². The number of thiocarbonyl (C=S) groups is 1. The maximum absolute atomic E-state index is 5.00. The predicted molar refractivity (Wildman–Crippen MR) is 34.1 cm³/mol. The molecule has 0 atom stereocenters. The second-order valence-electron chi connectivity index (χ2n) is 1.49. The molecule has 2 N–H and O–H groups in total. The van der Waals surface area contributed by atoms with Gasteiger partial charge < -0.3 is 11.9 Å². The predicted octanol–water partition coefficient (Wildman–Crippen LogP) is -2.23. The van der Waals surface area contributed by atoms with Crippen molar-refractivity contribution in [1.82, 2.24) is 0 Å². The van der Waals surface area contributed by atoms with Crippen LogP contribution in [-0.4, -0.2) is 11.3 Å². The van der Waals surface area contributed by atoms with Crippen LogP contribution in [0.25, 0.3) is 0 Å². The topological polar surface area (TPSA) is 35.2 Å². The van der Waals surface area contributed by atoms with Gasteiger partial charge in [0.05, 0.1) is 6.10 Å². The van der Waals surface area contributed by atoms with Crippen LogP contribution in [0, 0.1) is 0 Å². The van der Waals surface area contributed by atoms with E-state index in [1.165, 1.54) is 0 Å². The van der Waals surface area contributed by atoms with E-state index in [0.29, 0.717) is 0 Å². The third-order valence-corrected chi connectivity index (χ3v) is 0.448. The zero-order chi connectivity index (χ0) is 5.86. The van der Waals surface area contributed by atoms with E-state index in [1.54, 1.807) is 0 Å². The summed E-state index contributed by atoms with van der Waals surface area (Å²) in [5, 5.41) is 0.120. The zero-order valence-electron chi connectivity index (χ0n) is 6.47. The smallest absolute Gasteiger partial charge is 1.00 e. The first-order valence-corrected chi connectivity index (χ1v) is 2.50. The van der Waals surface area contributed by atoms with Crippen molar-refractivity contribution in [3.8, 4) is 0 Å². The monoisotopic (exact) mass is 143 g/mol. The first-order chi connectivity index (χ1) is 3.13. The zero-order valence-corrected chi connectivity index (χ0v) is 8.29. The summed E-state index contributed by atoms with van der Waals surface area (Å²) in [5.74, 6) is 0. The van der Waals surface area contributed by atoms with E-state index in [2.05, 4.69) is 12.2 Å². The van der Waals surface area contributed by atoms with Gasteiger partial charge in [-0.2, -0.15) is 0 Å². The van der Waals surface area contributed by atoms with E-state index in [9.17, 15) is 0 Å². The number of hydrogen-bond donors (Lipinski definition) is 1. The van der Waals surface area contributed by atoms with Gasteiger partial charge in [0.15, 0.2) is 0 Å². The van der Waals surface area contributed by atoms with Crippen molar-refractivity contribution < 1.29 is 35.7 Å². The summed E-state index contributed by atoms with van der Waals surface area (Å²) in [6.07, 6.45) is 0.109. The fraction of sp³-hybridized carbons (Fsp3) is 0.750. The Morgan fingerprint density at radius 2 is 2.12 bits per heavy atom. The van der Waals surface area contributed by atoms with Crippen LogP contribution in [0.2, 0.25) is 0 Å². The summed E-state index contributed by atoms with van der Waals surface area (Å²) < 4.78 is 4.76. The Morgan fingerprint density at radius 1 is 1.75 bits per heavy atom. The van der Waals surface area contributed by atoms with Gasteiger partial charge in [0, 0.05) is 0 Å². The molecule has 0 saturated heterocycles. The minimum absolute atomic E-state index is 0. The van der Waals surface area contributed by atoms with Crippen LogP contribution in [0.3, 0.4) is 0 Å². The van der Waals surface area contributed by atoms with Gasteiger partial charge in [-0.1, -0.05) is 0 Å². The molecule has 0 aliphatic rings. The molecule has 0 amide bonds.